The highest BCUT2D eigenvalue weighted by molar-refractivity contribution is 5.82. The van der Waals surface area contributed by atoms with Gasteiger partial charge in [0.25, 0.3) is 0 Å². The maximum atomic E-state index is 11.8. The Balaban J connectivity index is 6.08. The quantitative estimate of drug-likeness (QED) is 0.444. The van der Waals surface area contributed by atoms with Crippen molar-refractivity contribution >= 4 is 17.7 Å². The first-order valence-corrected chi connectivity index (χ1v) is 7.66. The molecule has 0 aliphatic rings. The van der Waals surface area contributed by atoms with E-state index in [9.17, 15) is 19.5 Å². The standard InChI is InChI=1S/C15H29N3O4/c1-5-8(12(16)19)11(9(6-2)13(17)20)15(4,22)10(7-3)14(18)21/h8-11,22H,5-7H2,1-4H3,(H2,16,19)(H2,17,20)(H2,18,21). The average molecular weight is 315 g/mol. The summed E-state index contributed by atoms with van der Waals surface area (Å²) in [6.45, 7) is 6.60. The van der Waals surface area contributed by atoms with Crippen LogP contribution < -0.4 is 17.2 Å². The van der Waals surface area contributed by atoms with Gasteiger partial charge in [0.05, 0.1) is 11.5 Å². The number of carbonyl (C=O) groups excluding carboxylic acids is 3. The summed E-state index contributed by atoms with van der Waals surface area (Å²) in [5.74, 6) is -5.27. The largest absolute Gasteiger partial charge is 0.389 e. The van der Waals surface area contributed by atoms with Crippen LogP contribution in [-0.2, 0) is 14.4 Å². The Morgan fingerprint density at radius 1 is 0.864 bits per heavy atom. The van der Waals surface area contributed by atoms with Gasteiger partial charge in [0.15, 0.2) is 0 Å². The smallest absolute Gasteiger partial charge is 0.223 e. The monoisotopic (exact) mass is 315 g/mol. The van der Waals surface area contributed by atoms with Crippen molar-refractivity contribution in [1.29, 1.82) is 0 Å². The molecule has 0 saturated carbocycles. The van der Waals surface area contributed by atoms with Crippen LogP contribution in [0, 0.1) is 23.7 Å². The summed E-state index contributed by atoms with van der Waals surface area (Å²) < 4.78 is 0. The minimum Gasteiger partial charge on any atom is -0.389 e. The molecular weight excluding hydrogens is 286 g/mol. The topological polar surface area (TPSA) is 150 Å². The van der Waals surface area contributed by atoms with Gasteiger partial charge in [-0.2, -0.15) is 0 Å². The number of rotatable bonds is 10. The van der Waals surface area contributed by atoms with Crippen LogP contribution in [0.3, 0.4) is 0 Å². The molecule has 0 saturated heterocycles. The lowest BCUT2D eigenvalue weighted by atomic mass is 9.64. The second-order valence-electron chi connectivity index (χ2n) is 5.95. The van der Waals surface area contributed by atoms with Gasteiger partial charge in [-0.25, -0.2) is 0 Å². The van der Waals surface area contributed by atoms with Crippen LogP contribution in [0.4, 0.5) is 0 Å². The summed E-state index contributed by atoms with van der Waals surface area (Å²) in [7, 11) is 0. The molecule has 0 aliphatic carbocycles. The van der Waals surface area contributed by atoms with Crippen molar-refractivity contribution in [3.63, 3.8) is 0 Å². The van der Waals surface area contributed by atoms with Gasteiger partial charge in [0.1, 0.15) is 0 Å². The van der Waals surface area contributed by atoms with Crippen LogP contribution in [0.5, 0.6) is 0 Å². The van der Waals surface area contributed by atoms with Crippen molar-refractivity contribution in [2.75, 3.05) is 0 Å². The van der Waals surface area contributed by atoms with Crippen molar-refractivity contribution in [2.24, 2.45) is 40.9 Å². The van der Waals surface area contributed by atoms with Crippen LogP contribution in [-0.4, -0.2) is 28.4 Å². The van der Waals surface area contributed by atoms with Crippen LogP contribution in [0.25, 0.3) is 0 Å². The molecule has 4 atom stereocenters. The van der Waals surface area contributed by atoms with Gasteiger partial charge in [-0.3, -0.25) is 14.4 Å². The van der Waals surface area contributed by atoms with Crippen LogP contribution >= 0.6 is 0 Å². The molecule has 4 unspecified atom stereocenters. The maximum absolute atomic E-state index is 11.8. The molecule has 0 heterocycles. The van der Waals surface area contributed by atoms with E-state index in [-0.39, 0.29) is 6.42 Å². The second-order valence-corrected chi connectivity index (χ2v) is 5.95. The SMILES string of the molecule is CCC(C(N)=O)C(C(CC)C(N)=O)C(C)(O)C(CC)C(N)=O. The van der Waals surface area contributed by atoms with Crippen LogP contribution in [0.2, 0.25) is 0 Å². The molecule has 0 aliphatic heterocycles. The third kappa shape index (κ3) is 4.19. The molecule has 3 amide bonds. The van der Waals surface area contributed by atoms with Crippen molar-refractivity contribution in [1.82, 2.24) is 0 Å². The minimum absolute atomic E-state index is 0.281. The number of hydrogen-bond acceptors (Lipinski definition) is 4. The Labute approximate surface area is 131 Å². The summed E-state index contributed by atoms with van der Waals surface area (Å²) >= 11 is 0. The number of nitrogens with two attached hydrogens (primary N) is 3. The molecule has 22 heavy (non-hydrogen) atoms. The van der Waals surface area contributed by atoms with Gasteiger partial charge in [0.2, 0.25) is 17.7 Å². The zero-order chi connectivity index (χ0) is 17.7. The van der Waals surface area contributed by atoms with E-state index in [1.165, 1.54) is 6.92 Å². The highest BCUT2D eigenvalue weighted by Gasteiger charge is 2.50. The van der Waals surface area contributed by atoms with Gasteiger partial charge in [-0.1, -0.05) is 20.8 Å². The molecule has 0 spiro atoms. The van der Waals surface area contributed by atoms with Crippen LogP contribution in [0.1, 0.15) is 47.0 Å². The first-order chi connectivity index (χ1) is 10.1. The zero-order valence-corrected chi connectivity index (χ0v) is 13.8. The summed E-state index contributed by atoms with van der Waals surface area (Å²) in [5.41, 5.74) is 14.6. The zero-order valence-electron chi connectivity index (χ0n) is 13.8. The Hall–Kier alpha value is -1.63. The van der Waals surface area contributed by atoms with Gasteiger partial charge in [0, 0.05) is 17.8 Å². The molecule has 0 fully saturated rings. The average Bonchev–Trinajstić information content (AvgIpc) is 2.37. The normalized spacial score (nSPS) is 19.5. The van der Waals surface area contributed by atoms with Crippen molar-refractivity contribution in [2.45, 2.75) is 52.6 Å². The van der Waals surface area contributed by atoms with E-state index >= 15 is 0 Å². The van der Waals surface area contributed by atoms with Crippen molar-refractivity contribution in [3.05, 3.63) is 0 Å². The Morgan fingerprint density at radius 2 is 1.23 bits per heavy atom. The number of aliphatic hydroxyl groups is 1. The molecule has 7 nitrogen and oxygen atoms in total. The molecule has 7 heteroatoms. The predicted octanol–water partition coefficient (Wildman–Crippen LogP) is -0.112. The number of amides is 3. The number of hydrogen-bond donors (Lipinski definition) is 4. The van der Waals surface area contributed by atoms with E-state index in [0.717, 1.165) is 0 Å². The van der Waals surface area contributed by atoms with Gasteiger partial charge in [-0.15, -0.1) is 0 Å². The van der Waals surface area contributed by atoms with Gasteiger partial charge < -0.3 is 22.3 Å². The fraction of sp³-hybridized carbons (Fsp3) is 0.800. The second kappa shape index (κ2) is 8.12. The summed E-state index contributed by atoms with van der Waals surface area (Å²) in [6.07, 6.45) is 0.938. The van der Waals surface area contributed by atoms with E-state index in [2.05, 4.69) is 0 Å². The van der Waals surface area contributed by atoms with Crippen molar-refractivity contribution in [3.8, 4) is 0 Å². The molecule has 128 valence electrons. The van der Waals surface area contributed by atoms with E-state index < -0.39 is 47.0 Å². The molecule has 7 N–H and O–H groups in total. The van der Waals surface area contributed by atoms with E-state index in [1.54, 1.807) is 20.8 Å². The highest BCUT2D eigenvalue weighted by atomic mass is 16.3. The molecular formula is C15H29N3O4. The van der Waals surface area contributed by atoms with Crippen LogP contribution in [0.15, 0.2) is 0 Å². The molecule has 0 bridgehead atoms. The van der Waals surface area contributed by atoms with E-state index in [1.807, 2.05) is 0 Å². The number of carbonyl (C=O) groups is 3. The molecule has 0 rings (SSSR count). The lowest BCUT2D eigenvalue weighted by Crippen LogP contribution is -2.56. The molecule has 0 aromatic rings. The Bertz CT molecular complexity index is 401. The predicted molar refractivity (Wildman–Crippen MR) is 83.0 cm³/mol. The van der Waals surface area contributed by atoms with E-state index in [4.69, 9.17) is 17.2 Å². The summed E-state index contributed by atoms with van der Waals surface area (Å²) in [4.78, 5) is 35.2. The van der Waals surface area contributed by atoms with Gasteiger partial charge >= 0.3 is 0 Å². The number of primary amides is 3. The van der Waals surface area contributed by atoms with Gasteiger partial charge in [-0.05, 0) is 26.2 Å². The summed E-state index contributed by atoms with van der Waals surface area (Å²) in [6, 6.07) is 0. The molecule has 0 aromatic heterocycles. The third-order valence-electron chi connectivity index (χ3n) is 4.61. The molecule has 0 radical (unpaired) electrons. The maximum Gasteiger partial charge on any atom is 0.223 e. The Kier molecular flexibility index (Phi) is 7.52. The third-order valence-corrected chi connectivity index (χ3v) is 4.61. The summed E-state index contributed by atoms with van der Waals surface area (Å²) in [5, 5.41) is 11.0. The highest BCUT2D eigenvalue weighted by Crippen LogP contribution is 2.40. The minimum atomic E-state index is -1.66. The lowest BCUT2D eigenvalue weighted by molar-refractivity contribution is -0.154. The fourth-order valence-electron chi connectivity index (χ4n) is 3.49. The first-order valence-electron chi connectivity index (χ1n) is 7.66. The molecule has 0 aromatic carbocycles. The Morgan fingerprint density at radius 3 is 1.41 bits per heavy atom. The van der Waals surface area contributed by atoms with Crippen molar-refractivity contribution < 1.29 is 19.5 Å². The first kappa shape index (κ1) is 20.4. The fourth-order valence-corrected chi connectivity index (χ4v) is 3.49. The lowest BCUT2D eigenvalue weighted by Gasteiger charge is -2.43. The van der Waals surface area contributed by atoms with E-state index in [0.29, 0.717) is 12.8 Å².